The highest BCUT2D eigenvalue weighted by Crippen LogP contribution is 2.53. The first-order valence-corrected chi connectivity index (χ1v) is 13.9. The number of nitrogens with one attached hydrogen (secondary N) is 3. The first-order valence-electron chi connectivity index (χ1n) is 13.5. The van der Waals surface area contributed by atoms with E-state index in [4.69, 9.17) is 11.6 Å². The van der Waals surface area contributed by atoms with E-state index >= 15 is 0 Å². The van der Waals surface area contributed by atoms with Crippen molar-refractivity contribution < 1.29 is 33.0 Å². The van der Waals surface area contributed by atoms with Gasteiger partial charge in [-0.15, -0.1) is 8.78 Å². The van der Waals surface area contributed by atoms with E-state index in [9.17, 15) is 28.3 Å². The van der Waals surface area contributed by atoms with Crippen LogP contribution in [0.5, 0.6) is 5.75 Å². The van der Waals surface area contributed by atoms with Crippen LogP contribution in [0.25, 0.3) is 11.3 Å². The molecule has 2 aliphatic rings. The third-order valence-electron chi connectivity index (χ3n) is 7.73. The molecule has 0 spiro atoms. The van der Waals surface area contributed by atoms with Gasteiger partial charge in [0.1, 0.15) is 18.1 Å². The van der Waals surface area contributed by atoms with E-state index in [0.29, 0.717) is 29.7 Å². The molecular weight excluding hydrogens is 572 g/mol. The fraction of sp³-hybridized carbons (Fsp3) is 0.379. The fourth-order valence-electron chi connectivity index (χ4n) is 6.15. The summed E-state index contributed by atoms with van der Waals surface area (Å²) in [6.45, 7) is 4.12. The Morgan fingerprint density at radius 1 is 1.24 bits per heavy atom. The number of aromatic nitrogens is 2. The first kappa shape index (κ1) is 29.5. The van der Waals surface area contributed by atoms with Crippen LogP contribution >= 0.6 is 11.6 Å². The number of hydrogen-bond acceptors (Lipinski definition) is 7. The van der Waals surface area contributed by atoms with Gasteiger partial charge in [-0.05, 0) is 74.7 Å². The molecule has 4 atom stereocenters. The minimum absolute atomic E-state index is 0.00801. The number of carbonyl (C=O) groups is 3. The van der Waals surface area contributed by atoms with Gasteiger partial charge in [0.2, 0.25) is 0 Å². The number of nitrogens with zero attached hydrogens (tertiary/aromatic N) is 2. The van der Waals surface area contributed by atoms with Gasteiger partial charge in [0.25, 0.3) is 5.91 Å². The van der Waals surface area contributed by atoms with Crippen molar-refractivity contribution in [1.82, 2.24) is 15.5 Å². The second-order valence-corrected chi connectivity index (χ2v) is 11.1. The number of aromatic amines is 1. The van der Waals surface area contributed by atoms with E-state index in [1.807, 2.05) is 12.1 Å². The number of amides is 1. The molecule has 4 N–H and O–H groups in total. The van der Waals surface area contributed by atoms with E-state index in [0.717, 1.165) is 23.2 Å². The van der Waals surface area contributed by atoms with E-state index < -0.39 is 23.5 Å². The Bertz CT molecular complexity index is 1460. The largest absolute Gasteiger partial charge is 0.487 e. The highest BCUT2D eigenvalue weighted by molar-refractivity contribution is 6.20. The van der Waals surface area contributed by atoms with Crippen molar-refractivity contribution in [3.8, 4) is 17.0 Å². The van der Waals surface area contributed by atoms with Gasteiger partial charge in [-0.3, -0.25) is 20.0 Å². The summed E-state index contributed by atoms with van der Waals surface area (Å²) in [6, 6.07) is 9.62. The van der Waals surface area contributed by atoms with Crippen LogP contribution < -0.4 is 20.3 Å². The molecule has 42 heavy (non-hydrogen) atoms. The van der Waals surface area contributed by atoms with Crippen molar-refractivity contribution in [1.29, 1.82) is 0 Å². The lowest BCUT2D eigenvalue weighted by Crippen LogP contribution is -2.53. The maximum absolute atomic E-state index is 13.5. The third kappa shape index (κ3) is 5.95. The zero-order chi connectivity index (χ0) is 30.2. The second-order valence-electron chi connectivity index (χ2n) is 10.7. The minimum Gasteiger partial charge on any atom is -0.480 e. The van der Waals surface area contributed by atoms with Gasteiger partial charge in [0.05, 0.1) is 17.4 Å². The Morgan fingerprint density at radius 2 is 1.98 bits per heavy atom. The number of benzene rings is 2. The molecule has 0 bridgehead atoms. The van der Waals surface area contributed by atoms with E-state index in [1.54, 1.807) is 12.3 Å². The Hall–Kier alpha value is -4.03. The van der Waals surface area contributed by atoms with E-state index in [2.05, 4.69) is 44.3 Å². The standard InChI is InChI=1S/C29H30ClF2N5O5/c1-15(2)37-25-20(19-7-8-23(26(19)37)35-24(10-12-38)28(40)41)13-16(14-21(25)22-9-11-33-36-22)27(39)34-17-3-5-18(6-4-17)42-29(30,31)32/h3-6,9,11-15,19,23-24,26,35H,7-8,10H2,1-2H3,(H,33,36)(H,34,39)(H,40,41). The van der Waals surface area contributed by atoms with Crippen molar-refractivity contribution in [3.05, 3.63) is 59.8 Å². The van der Waals surface area contributed by atoms with Crippen LogP contribution in [-0.2, 0) is 9.59 Å². The Balaban J connectivity index is 1.50. The fourth-order valence-corrected chi connectivity index (χ4v) is 6.24. The number of rotatable bonds is 11. The number of carbonyl (C=O) groups excluding carboxylic acids is 2. The third-order valence-corrected chi connectivity index (χ3v) is 7.81. The first-order chi connectivity index (χ1) is 20.0. The van der Waals surface area contributed by atoms with Gasteiger partial charge in [0.15, 0.2) is 0 Å². The number of alkyl halides is 3. The van der Waals surface area contributed by atoms with E-state index in [-0.39, 0.29) is 36.2 Å². The number of aliphatic carboxylic acids is 1. The van der Waals surface area contributed by atoms with Crippen molar-refractivity contribution in [2.45, 2.75) is 68.8 Å². The summed E-state index contributed by atoms with van der Waals surface area (Å²) in [5.41, 5.74) is 0.296. The quantitative estimate of drug-likeness (QED) is 0.179. The highest BCUT2D eigenvalue weighted by atomic mass is 35.5. The minimum atomic E-state index is -3.85. The molecule has 1 aromatic heterocycles. The molecule has 2 heterocycles. The SMILES string of the molecule is CC(C)N1c2c(-c3ccn[nH]3)cc(C(=O)Nc3ccc(OC(F)(F)Cl)cc3)cc2C2CCC(NC(CC=O)C(=O)O)C21. The number of carboxylic acids is 1. The molecular formula is C29H30ClF2N5O5. The van der Waals surface area contributed by atoms with E-state index in [1.165, 1.54) is 24.3 Å². The zero-order valence-corrected chi connectivity index (χ0v) is 23.6. The molecule has 1 amide bonds. The number of H-pyrrole nitrogens is 1. The monoisotopic (exact) mass is 601 g/mol. The maximum atomic E-state index is 13.5. The molecule has 13 heteroatoms. The number of fused-ring (bicyclic) bond motifs is 3. The van der Waals surface area contributed by atoms with Crippen molar-refractivity contribution >= 4 is 41.1 Å². The summed E-state index contributed by atoms with van der Waals surface area (Å²) in [4.78, 5) is 38.7. The lowest BCUT2D eigenvalue weighted by Gasteiger charge is -2.37. The summed E-state index contributed by atoms with van der Waals surface area (Å²) in [5.74, 6) is -1.63. The highest BCUT2D eigenvalue weighted by Gasteiger charge is 2.50. The Kier molecular flexibility index (Phi) is 8.20. The maximum Gasteiger partial charge on any atom is 0.487 e. The molecule has 1 aliphatic heterocycles. The van der Waals surface area contributed by atoms with Crippen molar-refractivity contribution in [3.63, 3.8) is 0 Å². The summed E-state index contributed by atoms with van der Waals surface area (Å²) in [6.07, 6.45) is 3.55. The smallest absolute Gasteiger partial charge is 0.480 e. The van der Waals surface area contributed by atoms with Crippen LogP contribution in [0.2, 0.25) is 0 Å². The number of halogens is 3. The molecule has 3 aromatic rings. The van der Waals surface area contributed by atoms with Gasteiger partial charge >= 0.3 is 11.5 Å². The molecule has 1 fully saturated rings. The van der Waals surface area contributed by atoms with Gasteiger partial charge in [-0.25, -0.2) is 0 Å². The molecule has 2 aromatic carbocycles. The Labute approximate surface area is 245 Å². The molecule has 0 saturated heterocycles. The summed E-state index contributed by atoms with van der Waals surface area (Å²) >= 11 is 4.83. The van der Waals surface area contributed by atoms with Crippen molar-refractivity contribution in [2.75, 3.05) is 10.2 Å². The van der Waals surface area contributed by atoms with Gasteiger partial charge in [-0.1, -0.05) is 0 Å². The van der Waals surface area contributed by atoms with Gasteiger partial charge in [-0.2, -0.15) is 5.10 Å². The number of hydrogen-bond donors (Lipinski definition) is 4. The lowest BCUT2D eigenvalue weighted by molar-refractivity contribution is -0.140. The average Bonchev–Trinajstić information content (AvgIpc) is 3.66. The average molecular weight is 602 g/mol. The van der Waals surface area contributed by atoms with Crippen molar-refractivity contribution in [2.24, 2.45) is 0 Å². The van der Waals surface area contributed by atoms with Crippen LogP contribution in [0.3, 0.4) is 0 Å². The normalized spacial score (nSPS) is 20.2. The molecule has 4 unspecified atom stereocenters. The molecule has 1 aliphatic carbocycles. The second kappa shape index (κ2) is 11.7. The lowest BCUT2D eigenvalue weighted by atomic mass is 9.92. The zero-order valence-electron chi connectivity index (χ0n) is 22.8. The molecule has 5 rings (SSSR count). The van der Waals surface area contributed by atoms with Crippen LogP contribution in [0.1, 0.15) is 54.9 Å². The molecule has 1 saturated carbocycles. The van der Waals surface area contributed by atoms with Crippen LogP contribution in [0.15, 0.2) is 48.7 Å². The van der Waals surface area contributed by atoms with Crippen LogP contribution in [-0.4, -0.2) is 63.2 Å². The topological polar surface area (TPSA) is 137 Å². The molecule has 0 radical (unpaired) electrons. The summed E-state index contributed by atoms with van der Waals surface area (Å²) < 4.78 is 30.2. The van der Waals surface area contributed by atoms with Crippen LogP contribution in [0, 0.1) is 0 Å². The molecule has 10 nitrogen and oxygen atoms in total. The predicted octanol–water partition coefficient (Wildman–Crippen LogP) is 4.97. The summed E-state index contributed by atoms with van der Waals surface area (Å²) in [5, 5.41) is 22.8. The van der Waals surface area contributed by atoms with Gasteiger partial charge in [0, 0.05) is 59.0 Å². The number of carboxylic acid groups (broad SMARTS) is 1. The van der Waals surface area contributed by atoms with Gasteiger partial charge < -0.3 is 24.9 Å². The van der Waals surface area contributed by atoms with Crippen LogP contribution in [0.4, 0.5) is 20.2 Å². The predicted molar refractivity (Wildman–Crippen MR) is 152 cm³/mol. The summed E-state index contributed by atoms with van der Waals surface area (Å²) in [7, 11) is 0. The molecule has 222 valence electrons. The number of aldehydes is 1. The Morgan fingerprint density at radius 3 is 2.57 bits per heavy atom. The number of ether oxygens (including phenoxy) is 1. The number of anilines is 2.